The quantitative estimate of drug-likeness (QED) is 0.321. The molecule has 0 unspecified atom stereocenters. The lowest BCUT2D eigenvalue weighted by Crippen LogP contribution is -2.52. The molecule has 1 heterocycles. The third kappa shape index (κ3) is 9.39. The van der Waals surface area contributed by atoms with Crippen LogP contribution < -0.4 is 10.6 Å². The van der Waals surface area contributed by atoms with Crippen LogP contribution in [0.5, 0.6) is 0 Å². The number of aliphatic imine (C=N–C) groups is 1. The van der Waals surface area contributed by atoms with E-state index in [9.17, 15) is 0 Å². The number of morpholine rings is 1. The summed E-state index contributed by atoms with van der Waals surface area (Å²) in [6.45, 7) is 15.6. The summed E-state index contributed by atoms with van der Waals surface area (Å²) in [5.41, 5.74) is 0.0481. The van der Waals surface area contributed by atoms with Crippen molar-refractivity contribution in [2.45, 2.75) is 32.7 Å². The Bertz CT molecular complexity index is 370. The second-order valence-corrected chi connectivity index (χ2v) is 7.18. The van der Waals surface area contributed by atoms with Crippen LogP contribution in [0.4, 0.5) is 0 Å². The lowest BCUT2D eigenvalue weighted by molar-refractivity contribution is -0.00683. The maximum absolute atomic E-state index is 5.45. The minimum absolute atomic E-state index is 0.0481. The number of nitrogens with zero attached hydrogens (tertiary/aromatic N) is 3. The molecule has 7 nitrogen and oxygen atoms in total. The highest BCUT2D eigenvalue weighted by Gasteiger charge is 2.28. The van der Waals surface area contributed by atoms with Gasteiger partial charge in [0.05, 0.1) is 26.4 Å². The fourth-order valence-corrected chi connectivity index (χ4v) is 2.80. The van der Waals surface area contributed by atoms with E-state index in [4.69, 9.17) is 14.5 Å². The van der Waals surface area contributed by atoms with Crippen molar-refractivity contribution in [1.29, 1.82) is 0 Å². The predicted molar refractivity (Wildman–Crippen MR) is 104 cm³/mol. The molecule has 0 saturated carbocycles. The van der Waals surface area contributed by atoms with Crippen LogP contribution in [0.15, 0.2) is 4.99 Å². The first-order valence-electron chi connectivity index (χ1n) is 9.52. The number of guanidine groups is 1. The van der Waals surface area contributed by atoms with Crippen molar-refractivity contribution in [2.75, 3.05) is 79.8 Å². The van der Waals surface area contributed by atoms with E-state index in [1.165, 1.54) is 0 Å². The van der Waals surface area contributed by atoms with Crippen molar-refractivity contribution in [3.05, 3.63) is 0 Å². The van der Waals surface area contributed by atoms with Gasteiger partial charge in [-0.2, -0.15) is 0 Å². The summed E-state index contributed by atoms with van der Waals surface area (Å²) in [7, 11) is 3.87. The molecule has 1 rings (SSSR count). The molecule has 2 N–H and O–H groups in total. The van der Waals surface area contributed by atoms with Crippen molar-refractivity contribution in [3.8, 4) is 0 Å². The molecule has 0 aromatic rings. The SMILES string of the molecule is CCNC(=NCC(C)(C)N1CCOCC1)NCCCN(C)CCOC. The standard InChI is InChI=1S/C18H39N5O2/c1-6-19-17(20-8-7-9-22(4)10-13-24-5)21-16-18(2,3)23-11-14-25-15-12-23/h6-16H2,1-5H3,(H2,19,20,21). The number of hydrogen-bond acceptors (Lipinski definition) is 5. The molecule has 0 amide bonds. The Morgan fingerprint density at radius 3 is 2.60 bits per heavy atom. The van der Waals surface area contributed by atoms with E-state index in [1.54, 1.807) is 7.11 Å². The number of ether oxygens (including phenoxy) is 2. The maximum Gasteiger partial charge on any atom is 0.191 e. The fraction of sp³-hybridized carbons (Fsp3) is 0.944. The van der Waals surface area contributed by atoms with Gasteiger partial charge in [-0.3, -0.25) is 9.89 Å². The topological polar surface area (TPSA) is 61.4 Å². The molecular weight excluding hydrogens is 318 g/mol. The number of likely N-dealkylation sites (N-methyl/N-ethyl adjacent to an activating group) is 1. The molecule has 1 aliphatic heterocycles. The van der Waals surface area contributed by atoms with Crippen LogP contribution in [0.3, 0.4) is 0 Å². The van der Waals surface area contributed by atoms with Crippen LogP contribution in [-0.2, 0) is 9.47 Å². The molecule has 1 saturated heterocycles. The molecule has 0 atom stereocenters. The second-order valence-electron chi connectivity index (χ2n) is 7.18. The molecule has 0 bridgehead atoms. The van der Waals surface area contributed by atoms with Gasteiger partial charge in [-0.1, -0.05) is 0 Å². The van der Waals surface area contributed by atoms with E-state index in [2.05, 4.69) is 48.3 Å². The summed E-state index contributed by atoms with van der Waals surface area (Å²) in [4.78, 5) is 9.56. The van der Waals surface area contributed by atoms with Crippen molar-refractivity contribution in [2.24, 2.45) is 4.99 Å². The first-order valence-corrected chi connectivity index (χ1v) is 9.52. The Hall–Kier alpha value is -0.890. The largest absolute Gasteiger partial charge is 0.383 e. The van der Waals surface area contributed by atoms with Gasteiger partial charge >= 0.3 is 0 Å². The first-order chi connectivity index (χ1) is 12.0. The summed E-state index contributed by atoms with van der Waals surface area (Å²) in [5.74, 6) is 0.906. The third-order valence-corrected chi connectivity index (χ3v) is 4.52. The molecule has 0 aromatic heterocycles. The number of nitrogens with one attached hydrogen (secondary N) is 2. The minimum atomic E-state index is 0.0481. The smallest absolute Gasteiger partial charge is 0.191 e. The zero-order valence-electron chi connectivity index (χ0n) is 16.9. The zero-order chi connectivity index (χ0) is 18.5. The van der Waals surface area contributed by atoms with Crippen molar-refractivity contribution < 1.29 is 9.47 Å². The van der Waals surface area contributed by atoms with Gasteiger partial charge in [-0.05, 0) is 40.8 Å². The Kier molecular flexibility index (Phi) is 11.0. The molecule has 0 radical (unpaired) electrons. The number of rotatable bonds is 11. The van der Waals surface area contributed by atoms with Crippen molar-refractivity contribution >= 4 is 5.96 Å². The Morgan fingerprint density at radius 1 is 1.24 bits per heavy atom. The van der Waals surface area contributed by atoms with Gasteiger partial charge in [0, 0.05) is 45.4 Å². The highest BCUT2D eigenvalue weighted by atomic mass is 16.5. The predicted octanol–water partition coefficient (Wildman–Crippen LogP) is 0.621. The van der Waals surface area contributed by atoms with Gasteiger partial charge in [0.15, 0.2) is 5.96 Å². The van der Waals surface area contributed by atoms with E-state index >= 15 is 0 Å². The molecule has 1 fully saturated rings. The molecule has 7 heteroatoms. The Balaban J connectivity index is 2.37. The molecule has 0 aromatic carbocycles. The van der Waals surface area contributed by atoms with Gasteiger partial charge < -0.3 is 25.0 Å². The monoisotopic (exact) mass is 357 g/mol. The average molecular weight is 358 g/mol. The molecule has 1 aliphatic rings. The summed E-state index contributed by atoms with van der Waals surface area (Å²) in [5, 5.41) is 6.79. The molecule has 25 heavy (non-hydrogen) atoms. The molecule has 0 spiro atoms. The summed E-state index contributed by atoms with van der Waals surface area (Å²) in [6.07, 6.45) is 1.08. The lowest BCUT2D eigenvalue weighted by Gasteiger charge is -2.39. The Morgan fingerprint density at radius 2 is 1.96 bits per heavy atom. The van der Waals surface area contributed by atoms with E-state index in [1.807, 2.05) is 0 Å². The van der Waals surface area contributed by atoms with Crippen LogP contribution in [-0.4, -0.2) is 101 Å². The first kappa shape index (κ1) is 22.2. The zero-order valence-corrected chi connectivity index (χ0v) is 16.9. The van der Waals surface area contributed by atoms with Crippen LogP contribution in [0.25, 0.3) is 0 Å². The van der Waals surface area contributed by atoms with Crippen LogP contribution in [0.2, 0.25) is 0 Å². The highest BCUT2D eigenvalue weighted by Crippen LogP contribution is 2.16. The lowest BCUT2D eigenvalue weighted by atomic mass is 10.0. The highest BCUT2D eigenvalue weighted by molar-refractivity contribution is 5.79. The fourth-order valence-electron chi connectivity index (χ4n) is 2.80. The molecule has 0 aliphatic carbocycles. The Labute approximate surface area is 154 Å². The molecule has 148 valence electrons. The van der Waals surface area contributed by atoms with Gasteiger partial charge in [0.25, 0.3) is 0 Å². The van der Waals surface area contributed by atoms with Crippen molar-refractivity contribution in [3.63, 3.8) is 0 Å². The third-order valence-electron chi connectivity index (χ3n) is 4.52. The van der Waals surface area contributed by atoms with E-state index in [0.29, 0.717) is 0 Å². The normalized spacial score (nSPS) is 17.1. The second kappa shape index (κ2) is 12.5. The van der Waals surface area contributed by atoms with Gasteiger partial charge in [-0.25, -0.2) is 0 Å². The maximum atomic E-state index is 5.45. The summed E-state index contributed by atoms with van der Waals surface area (Å²) >= 11 is 0. The van der Waals surface area contributed by atoms with Crippen LogP contribution in [0.1, 0.15) is 27.2 Å². The van der Waals surface area contributed by atoms with Crippen LogP contribution in [0, 0.1) is 0 Å². The van der Waals surface area contributed by atoms with Gasteiger partial charge in [0.1, 0.15) is 0 Å². The van der Waals surface area contributed by atoms with E-state index < -0.39 is 0 Å². The van der Waals surface area contributed by atoms with Crippen molar-refractivity contribution in [1.82, 2.24) is 20.4 Å². The minimum Gasteiger partial charge on any atom is -0.383 e. The van der Waals surface area contributed by atoms with E-state index in [0.717, 1.165) is 78.0 Å². The van der Waals surface area contributed by atoms with Gasteiger partial charge in [-0.15, -0.1) is 0 Å². The summed E-state index contributed by atoms with van der Waals surface area (Å²) < 4.78 is 10.6. The van der Waals surface area contributed by atoms with E-state index in [-0.39, 0.29) is 5.54 Å². The average Bonchev–Trinajstić information content (AvgIpc) is 2.62. The van der Waals surface area contributed by atoms with Crippen LogP contribution >= 0.6 is 0 Å². The molecular formula is C18H39N5O2. The number of methoxy groups -OCH3 is 1. The van der Waals surface area contributed by atoms with Gasteiger partial charge in [0.2, 0.25) is 0 Å². The number of hydrogen-bond donors (Lipinski definition) is 2. The summed E-state index contributed by atoms with van der Waals surface area (Å²) in [6, 6.07) is 0.